The number of thiophene rings is 1. The fraction of sp³-hybridized carbons (Fsp3) is 0.235. The van der Waals surface area contributed by atoms with Crippen molar-refractivity contribution >= 4 is 17.0 Å². The van der Waals surface area contributed by atoms with E-state index in [1.807, 2.05) is 30.3 Å². The molecule has 21 heavy (non-hydrogen) atoms. The van der Waals surface area contributed by atoms with E-state index in [9.17, 15) is 5.26 Å². The van der Waals surface area contributed by atoms with Crippen molar-refractivity contribution in [2.75, 3.05) is 11.9 Å². The van der Waals surface area contributed by atoms with Crippen molar-refractivity contribution in [3.05, 3.63) is 63.5 Å². The number of anilines is 1. The summed E-state index contributed by atoms with van der Waals surface area (Å²) in [7, 11) is 0. The van der Waals surface area contributed by atoms with E-state index in [4.69, 9.17) is 5.11 Å². The Balaban J connectivity index is 2.07. The summed E-state index contributed by atoms with van der Waals surface area (Å²) in [6.07, 6.45) is 3.06. The summed E-state index contributed by atoms with van der Waals surface area (Å²) < 4.78 is 0. The van der Waals surface area contributed by atoms with Crippen LogP contribution in [0.2, 0.25) is 0 Å². The van der Waals surface area contributed by atoms with Crippen LogP contribution in [0.5, 0.6) is 0 Å². The Morgan fingerprint density at radius 1 is 1.38 bits per heavy atom. The number of hydrogen-bond donors (Lipinski definition) is 2. The van der Waals surface area contributed by atoms with Crippen LogP contribution in [0.25, 0.3) is 0 Å². The van der Waals surface area contributed by atoms with E-state index in [0.717, 1.165) is 11.3 Å². The maximum absolute atomic E-state index is 9.27. The number of benzene rings is 1. The van der Waals surface area contributed by atoms with E-state index >= 15 is 0 Å². The fourth-order valence-corrected chi connectivity index (χ4v) is 3.11. The van der Waals surface area contributed by atoms with Crippen LogP contribution in [0.3, 0.4) is 0 Å². The van der Waals surface area contributed by atoms with Gasteiger partial charge in [-0.2, -0.15) is 5.26 Å². The molecule has 0 aliphatic carbocycles. The Bertz CT molecular complexity index is 653. The van der Waals surface area contributed by atoms with E-state index in [1.54, 1.807) is 17.5 Å². The van der Waals surface area contributed by atoms with E-state index in [-0.39, 0.29) is 6.61 Å². The van der Waals surface area contributed by atoms with Crippen LogP contribution in [-0.2, 0) is 12.8 Å². The molecule has 0 unspecified atom stereocenters. The lowest BCUT2D eigenvalue weighted by Crippen LogP contribution is -1.96. The normalized spacial score (nSPS) is 11.2. The average Bonchev–Trinajstić information content (AvgIpc) is 2.86. The molecule has 2 N–H and O–H groups in total. The van der Waals surface area contributed by atoms with E-state index in [1.165, 1.54) is 10.4 Å². The molecule has 0 aliphatic heterocycles. The minimum absolute atomic E-state index is 0.164. The molecule has 0 bridgehead atoms. The lowest BCUT2D eigenvalue weighted by atomic mass is 10.0. The third kappa shape index (κ3) is 4.19. The average molecular weight is 298 g/mol. The zero-order valence-corrected chi connectivity index (χ0v) is 12.8. The monoisotopic (exact) mass is 298 g/mol. The molecule has 108 valence electrons. The Hall–Kier alpha value is -2.09. The summed E-state index contributed by atoms with van der Waals surface area (Å²) in [6.45, 7) is 2.22. The van der Waals surface area contributed by atoms with Gasteiger partial charge >= 0.3 is 0 Å². The molecular weight excluding hydrogens is 280 g/mol. The summed E-state index contributed by atoms with van der Waals surface area (Å²) in [5, 5.41) is 23.5. The molecule has 1 heterocycles. The zero-order valence-electron chi connectivity index (χ0n) is 12.0. The number of hydrogen-bond acceptors (Lipinski definition) is 4. The van der Waals surface area contributed by atoms with Crippen molar-refractivity contribution in [1.82, 2.24) is 0 Å². The van der Waals surface area contributed by atoms with Gasteiger partial charge in [-0.05, 0) is 35.6 Å². The highest BCUT2D eigenvalue weighted by molar-refractivity contribution is 7.10. The van der Waals surface area contributed by atoms with Crippen LogP contribution in [0, 0.1) is 18.3 Å². The molecule has 0 saturated carbocycles. The maximum Gasteiger partial charge on any atom is 0.0965 e. The topological polar surface area (TPSA) is 56.0 Å². The van der Waals surface area contributed by atoms with Gasteiger partial charge in [0.15, 0.2) is 0 Å². The van der Waals surface area contributed by atoms with Crippen molar-refractivity contribution in [2.24, 2.45) is 0 Å². The summed E-state index contributed by atoms with van der Waals surface area (Å²) in [5.41, 5.74) is 4.00. The highest BCUT2D eigenvalue weighted by Crippen LogP contribution is 2.24. The molecule has 4 heteroatoms. The molecular formula is C17H18N2OS. The lowest BCUT2D eigenvalue weighted by Gasteiger charge is -2.03. The third-order valence-corrected chi connectivity index (χ3v) is 4.49. The highest BCUT2D eigenvalue weighted by atomic mass is 32.1. The molecule has 3 nitrogen and oxygen atoms in total. The molecule has 1 aromatic carbocycles. The largest absolute Gasteiger partial charge is 0.396 e. The van der Waals surface area contributed by atoms with E-state index in [0.29, 0.717) is 18.4 Å². The van der Waals surface area contributed by atoms with E-state index in [2.05, 4.69) is 23.7 Å². The number of aliphatic hydroxyl groups excluding tert-OH is 1. The number of rotatable bonds is 6. The molecule has 1 aromatic heterocycles. The first-order valence-corrected chi connectivity index (χ1v) is 7.70. The second-order valence-corrected chi connectivity index (χ2v) is 5.72. The predicted octanol–water partition coefficient (Wildman–Crippen LogP) is 3.65. The molecule has 2 rings (SSSR count). The maximum atomic E-state index is 9.27. The first kappa shape index (κ1) is 15.3. The number of nitrogens with one attached hydrogen (secondary N) is 1. The van der Waals surface area contributed by atoms with Gasteiger partial charge < -0.3 is 10.4 Å². The first-order valence-electron chi connectivity index (χ1n) is 6.82. The minimum Gasteiger partial charge on any atom is -0.396 e. The highest BCUT2D eigenvalue weighted by Gasteiger charge is 2.09. The van der Waals surface area contributed by atoms with Crippen molar-refractivity contribution in [3.63, 3.8) is 0 Å². The van der Waals surface area contributed by atoms with Crippen LogP contribution in [0.15, 0.2) is 47.5 Å². The van der Waals surface area contributed by atoms with Gasteiger partial charge in [0.05, 0.1) is 6.07 Å². The molecule has 0 fully saturated rings. The van der Waals surface area contributed by atoms with Gasteiger partial charge in [-0.3, -0.25) is 0 Å². The standard InChI is InChI=1S/C17H18N2OS/c1-13-15(12-21-17(13)7-8-20)9-14(10-18)11-19-16-5-3-2-4-6-16/h2-6,11-12,19-20H,7-9H2,1H3/b14-11-. The fourth-order valence-electron chi connectivity index (χ4n) is 2.05. The van der Waals surface area contributed by atoms with Gasteiger partial charge in [0.1, 0.15) is 0 Å². The zero-order chi connectivity index (χ0) is 15.1. The second-order valence-electron chi connectivity index (χ2n) is 4.75. The molecule has 0 spiro atoms. The number of nitrogens with zero attached hydrogens (tertiary/aromatic N) is 1. The quantitative estimate of drug-likeness (QED) is 0.800. The second kappa shape index (κ2) is 7.63. The first-order chi connectivity index (χ1) is 10.2. The summed E-state index contributed by atoms with van der Waals surface area (Å²) in [6, 6.07) is 12.0. The molecule has 0 atom stereocenters. The number of nitriles is 1. The Morgan fingerprint density at radius 3 is 2.81 bits per heavy atom. The van der Waals surface area contributed by atoms with Gasteiger partial charge in [0, 0.05) is 41.8 Å². The van der Waals surface area contributed by atoms with Crippen LogP contribution >= 0.6 is 11.3 Å². The number of aliphatic hydroxyl groups is 1. The Kier molecular flexibility index (Phi) is 5.56. The third-order valence-electron chi connectivity index (χ3n) is 3.29. The summed E-state index contributed by atoms with van der Waals surface area (Å²) >= 11 is 1.65. The molecule has 0 saturated heterocycles. The minimum atomic E-state index is 0.164. The smallest absolute Gasteiger partial charge is 0.0965 e. The molecule has 2 aromatic rings. The molecule has 0 amide bonds. The summed E-state index contributed by atoms with van der Waals surface area (Å²) in [4.78, 5) is 1.20. The predicted molar refractivity (Wildman–Crippen MR) is 87.3 cm³/mol. The van der Waals surface area contributed by atoms with Crippen molar-refractivity contribution in [1.29, 1.82) is 5.26 Å². The molecule has 0 radical (unpaired) electrons. The van der Waals surface area contributed by atoms with Gasteiger partial charge in [0.25, 0.3) is 0 Å². The van der Waals surface area contributed by atoms with Crippen LogP contribution in [-0.4, -0.2) is 11.7 Å². The van der Waals surface area contributed by atoms with Gasteiger partial charge in [0.2, 0.25) is 0 Å². The Morgan fingerprint density at radius 2 is 2.14 bits per heavy atom. The summed E-state index contributed by atoms with van der Waals surface area (Å²) in [5.74, 6) is 0. The SMILES string of the molecule is Cc1c(C/C(C#N)=C/Nc2ccccc2)csc1CCO. The Labute approximate surface area is 129 Å². The number of allylic oxidation sites excluding steroid dienone is 1. The van der Waals surface area contributed by atoms with Crippen LogP contribution < -0.4 is 5.32 Å². The van der Waals surface area contributed by atoms with Crippen LogP contribution in [0.1, 0.15) is 16.0 Å². The lowest BCUT2D eigenvalue weighted by molar-refractivity contribution is 0.300. The van der Waals surface area contributed by atoms with Gasteiger partial charge in [-0.15, -0.1) is 11.3 Å². The van der Waals surface area contributed by atoms with Gasteiger partial charge in [-0.25, -0.2) is 0 Å². The van der Waals surface area contributed by atoms with Crippen molar-refractivity contribution in [3.8, 4) is 6.07 Å². The van der Waals surface area contributed by atoms with Gasteiger partial charge in [-0.1, -0.05) is 18.2 Å². The van der Waals surface area contributed by atoms with Crippen molar-refractivity contribution < 1.29 is 5.11 Å². The van der Waals surface area contributed by atoms with Crippen LogP contribution in [0.4, 0.5) is 5.69 Å². The van der Waals surface area contributed by atoms with E-state index < -0.39 is 0 Å². The number of para-hydroxylation sites is 1. The molecule has 0 aliphatic rings. The van der Waals surface area contributed by atoms with Crippen molar-refractivity contribution in [2.45, 2.75) is 19.8 Å².